The molecule has 0 spiro atoms. The van der Waals surface area contributed by atoms with Crippen LogP contribution in [-0.2, 0) is 16.1 Å². The van der Waals surface area contributed by atoms with Gasteiger partial charge in [-0.3, -0.25) is 14.2 Å². The molecule has 0 aliphatic heterocycles. The van der Waals surface area contributed by atoms with Crippen LogP contribution in [-0.4, -0.2) is 35.7 Å². The fourth-order valence-corrected chi connectivity index (χ4v) is 1.95. The molecule has 1 aromatic heterocycles. The molecule has 0 unspecified atom stereocenters. The average molecular weight is 275 g/mol. The highest BCUT2D eigenvalue weighted by Crippen LogP contribution is 2.10. The fourth-order valence-electron chi connectivity index (χ4n) is 1.95. The third kappa shape index (κ3) is 3.03. The Hall–Kier alpha value is -2.21. The number of carbonyl (C=O) groups is 1. The smallest absolute Gasteiger partial charge is 0.261 e. The van der Waals surface area contributed by atoms with Crippen molar-refractivity contribution in [3.8, 4) is 0 Å². The molecule has 0 saturated carbocycles. The lowest BCUT2D eigenvalue weighted by Gasteiger charge is -2.08. The molecule has 0 atom stereocenters. The van der Waals surface area contributed by atoms with Crippen LogP contribution in [0, 0.1) is 6.92 Å². The van der Waals surface area contributed by atoms with Crippen LogP contribution in [0.3, 0.4) is 0 Å². The maximum absolute atomic E-state index is 12.3. The Kier molecular flexibility index (Phi) is 4.47. The SMILES string of the molecule is COCCNC(=O)Cn1cnc2c(C)cccc2c1=O. The number of nitrogens with one attached hydrogen (secondary N) is 1. The monoisotopic (exact) mass is 275 g/mol. The molecule has 20 heavy (non-hydrogen) atoms. The molecule has 2 aromatic rings. The molecule has 0 bridgehead atoms. The number of fused-ring (bicyclic) bond motifs is 1. The van der Waals surface area contributed by atoms with Crippen molar-refractivity contribution in [1.82, 2.24) is 14.9 Å². The highest BCUT2D eigenvalue weighted by molar-refractivity contribution is 5.81. The van der Waals surface area contributed by atoms with Gasteiger partial charge >= 0.3 is 0 Å². The molecule has 0 saturated heterocycles. The minimum atomic E-state index is -0.238. The molecule has 6 heteroatoms. The number of rotatable bonds is 5. The summed E-state index contributed by atoms with van der Waals surface area (Å²) in [7, 11) is 1.56. The van der Waals surface area contributed by atoms with E-state index in [9.17, 15) is 9.59 Å². The molecule has 0 radical (unpaired) electrons. The Morgan fingerprint density at radius 1 is 1.45 bits per heavy atom. The van der Waals surface area contributed by atoms with Gasteiger partial charge in [0.15, 0.2) is 0 Å². The van der Waals surface area contributed by atoms with E-state index >= 15 is 0 Å². The van der Waals surface area contributed by atoms with E-state index in [1.54, 1.807) is 13.2 Å². The van der Waals surface area contributed by atoms with Crippen LogP contribution in [0.5, 0.6) is 0 Å². The van der Waals surface area contributed by atoms with Crippen molar-refractivity contribution in [2.24, 2.45) is 0 Å². The Morgan fingerprint density at radius 2 is 2.25 bits per heavy atom. The molecule has 0 aliphatic carbocycles. The van der Waals surface area contributed by atoms with Crippen molar-refractivity contribution in [2.45, 2.75) is 13.5 Å². The number of hydrogen-bond donors (Lipinski definition) is 1. The van der Waals surface area contributed by atoms with Gasteiger partial charge in [-0.15, -0.1) is 0 Å². The summed E-state index contributed by atoms with van der Waals surface area (Å²) in [5.41, 5.74) is 1.41. The van der Waals surface area contributed by atoms with Crippen LogP contribution < -0.4 is 10.9 Å². The van der Waals surface area contributed by atoms with Crippen molar-refractivity contribution in [3.05, 3.63) is 40.4 Å². The first-order valence-corrected chi connectivity index (χ1v) is 6.34. The van der Waals surface area contributed by atoms with E-state index in [2.05, 4.69) is 10.3 Å². The third-order valence-corrected chi connectivity index (χ3v) is 3.00. The normalized spacial score (nSPS) is 10.7. The number of ether oxygens (including phenoxy) is 1. The number of methoxy groups -OCH3 is 1. The summed E-state index contributed by atoms with van der Waals surface area (Å²) in [6.45, 7) is 2.72. The van der Waals surface area contributed by atoms with E-state index in [1.807, 2.05) is 19.1 Å². The second-order valence-corrected chi connectivity index (χ2v) is 4.49. The van der Waals surface area contributed by atoms with Crippen LogP contribution in [0.15, 0.2) is 29.3 Å². The van der Waals surface area contributed by atoms with Crippen LogP contribution in [0.1, 0.15) is 5.56 Å². The number of benzene rings is 1. The number of aryl methyl sites for hydroxylation is 1. The third-order valence-electron chi connectivity index (χ3n) is 3.00. The van der Waals surface area contributed by atoms with Gasteiger partial charge in [0.05, 0.1) is 23.8 Å². The van der Waals surface area contributed by atoms with Crippen molar-refractivity contribution < 1.29 is 9.53 Å². The summed E-state index contributed by atoms with van der Waals surface area (Å²) in [5.74, 6) is -0.238. The van der Waals surface area contributed by atoms with Gasteiger partial charge in [0, 0.05) is 13.7 Å². The first-order chi connectivity index (χ1) is 9.63. The fraction of sp³-hybridized carbons (Fsp3) is 0.357. The van der Waals surface area contributed by atoms with E-state index in [0.29, 0.717) is 24.1 Å². The summed E-state index contributed by atoms with van der Waals surface area (Å²) >= 11 is 0. The molecule has 0 fully saturated rings. The quantitative estimate of drug-likeness (QED) is 0.805. The van der Waals surface area contributed by atoms with E-state index in [-0.39, 0.29) is 18.0 Å². The molecule has 1 N–H and O–H groups in total. The lowest BCUT2D eigenvalue weighted by Crippen LogP contribution is -2.34. The zero-order valence-electron chi connectivity index (χ0n) is 11.5. The second kappa shape index (κ2) is 6.29. The Balaban J connectivity index is 2.22. The molecule has 1 aromatic carbocycles. The largest absolute Gasteiger partial charge is 0.383 e. The van der Waals surface area contributed by atoms with Crippen molar-refractivity contribution >= 4 is 16.8 Å². The minimum Gasteiger partial charge on any atom is -0.383 e. The number of amides is 1. The Bertz CT molecular complexity index is 679. The van der Waals surface area contributed by atoms with E-state index < -0.39 is 0 Å². The zero-order valence-corrected chi connectivity index (χ0v) is 11.5. The van der Waals surface area contributed by atoms with Gasteiger partial charge in [-0.05, 0) is 18.6 Å². The molecule has 1 amide bonds. The molecule has 106 valence electrons. The van der Waals surface area contributed by atoms with Crippen LogP contribution >= 0.6 is 0 Å². The predicted octanol–water partition coefficient (Wildman–Crippen LogP) is 0.468. The van der Waals surface area contributed by atoms with Crippen LogP contribution in [0.25, 0.3) is 10.9 Å². The summed E-state index contributed by atoms with van der Waals surface area (Å²) in [6.07, 6.45) is 1.41. The standard InChI is InChI=1S/C14H17N3O3/c1-10-4-3-5-11-13(10)16-9-17(14(11)19)8-12(18)15-6-7-20-2/h3-5,9H,6-8H2,1-2H3,(H,15,18). The van der Waals surface area contributed by atoms with Crippen molar-refractivity contribution in [2.75, 3.05) is 20.3 Å². The maximum atomic E-state index is 12.3. The topological polar surface area (TPSA) is 73.2 Å². The first-order valence-electron chi connectivity index (χ1n) is 6.34. The van der Waals surface area contributed by atoms with Crippen LogP contribution in [0.2, 0.25) is 0 Å². The lowest BCUT2D eigenvalue weighted by molar-refractivity contribution is -0.121. The molecule has 6 nitrogen and oxygen atoms in total. The molecular weight excluding hydrogens is 258 g/mol. The summed E-state index contributed by atoms with van der Waals surface area (Å²) in [6, 6.07) is 5.43. The Morgan fingerprint density at radius 3 is 3.00 bits per heavy atom. The van der Waals surface area contributed by atoms with Gasteiger partial charge in [-0.2, -0.15) is 0 Å². The van der Waals surface area contributed by atoms with Crippen LogP contribution in [0.4, 0.5) is 0 Å². The number of carbonyl (C=O) groups excluding carboxylic acids is 1. The van der Waals surface area contributed by atoms with Gasteiger partial charge < -0.3 is 10.1 Å². The number of nitrogens with zero attached hydrogens (tertiary/aromatic N) is 2. The van der Waals surface area contributed by atoms with Gasteiger partial charge in [-0.25, -0.2) is 4.98 Å². The maximum Gasteiger partial charge on any atom is 0.261 e. The molecule has 2 rings (SSSR count). The second-order valence-electron chi connectivity index (χ2n) is 4.49. The van der Waals surface area contributed by atoms with Gasteiger partial charge in [-0.1, -0.05) is 12.1 Å². The molecule has 0 aliphatic rings. The van der Waals surface area contributed by atoms with Crippen molar-refractivity contribution in [1.29, 1.82) is 0 Å². The van der Waals surface area contributed by atoms with Crippen molar-refractivity contribution in [3.63, 3.8) is 0 Å². The number of hydrogen-bond acceptors (Lipinski definition) is 4. The molecule has 1 heterocycles. The van der Waals surface area contributed by atoms with E-state index in [0.717, 1.165) is 5.56 Å². The summed E-state index contributed by atoms with van der Waals surface area (Å²) in [5, 5.41) is 3.19. The van der Waals surface area contributed by atoms with E-state index in [1.165, 1.54) is 10.9 Å². The zero-order chi connectivity index (χ0) is 14.5. The van der Waals surface area contributed by atoms with Gasteiger partial charge in [0.2, 0.25) is 5.91 Å². The predicted molar refractivity (Wildman–Crippen MR) is 75.6 cm³/mol. The summed E-state index contributed by atoms with van der Waals surface area (Å²) in [4.78, 5) is 28.2. The minimum absolute atomic E-state index is 0.0422. The number of aromatic nitrogens is 2. The molecular formula is C14H17N3O3. The van der Waals surface area contributed by atoms with E-state index in [4.69, 9.17) is 4.74 Å². The highest BCUT2D eigenvalue weighted by atomic mass is 16.5. The Labute approximate surface area is 116 Å². The highest BCUT2D eigenvalue weighted by Gasteiger charge is 2.08. The van der Waals surface area contributed by atoms with Gasteiger partial charge in [0.1, 0.15) is 6.54 Å². The average Bonchev–Trinajstić information content (AvgIpc) is 2.43. The lowest BCUT2D eigenvalue weighted by atomic mass is 10.1. The first kappa shape index (κ1) is 14.2. The summed E-state index contributed by atoms with van der Waals surface area (Å²) < 4.78 is 6.15. The van der Waals surface area contributed by atoms with Gasteiger partial charge in [0.25, 0.3) is 5.56 Å². The number of para-hydroxylation sites is 1.